The van der Waals surface area contributed by atoms with Crippen LogP contribution in [-0.4, -0.2) is 19.5 Å². The van der Waals surface area contributed by atoms with E-state index in [0.29, 0.717) is 28.6 Å². The molecule has 0 bridgehead atoms. The Balaban J connectivity index is 1.83. The highest BCUT2D eigenvalue weighted by molar-refractivity contribution is 6.07. The zero-order chi connectivity index (χ0) is 17.0. The molecule has 5 rings (SSSR count). The second-order valence-electron chi connectivity index (χ2n) is 5.85. The molecule has 0 atom stereocenters. The molecule has 124 valence electrons. The monoisotopic (exact) mass is 335 g/mol. The van der Waals surface area contributed by atoms with Gasteiger partial charge >= 0.3 is 0 Å². The fourth-order valence-electron chi connectivity index (χ4n) is 3.26. The number of ether oxygens (including phenoxy) is 4. The number of carbonyl (C=O) groups excluding carboxylic acids is 1. The van der Waals surface area contributed by atoms with Crippen LogP contribution in [0.4, 0.5) is 0 Å². The Kier molecular flexibility index (Phi) is 2.82. The van der Waals surface area contributed by atoms with Gasteiger partial charge in [-0.15, -0.1) is 0 Å². The van der Waals surface area contributed by atoms with Crippen LogP contribution in [0.15, 0.2) is 42.5 Å². The molecule has 2 aliphatic rings. The van der Waals surface area contributed by atoms with Gasteiger partial charge in [-0.3, -0.25) is 4.79 Å². The summed E-state index contributed by atoms with van der Waals surface area (Å²) >= 11 is 0. The lowest BCUT2D eigenvalue weighted by Gasteiger charge is -2.12. The van der Waals surface area contributed by atoms with Gasteiger partial charge in [-0.1, -0.05) is 12.1 Å². The van der Waals surface area contributed by atoms with Crippen molar-refractivity contribution in [3.05, 3.63) is 48.0 Å². The van der Waals surface area contributed by atoms with Gasteiger partial charge in [-0.05, 0) is 46.8 Å². The molecule has 0 saturated carbocycles. The molecule has 2 heterocycles. The summed E-state index contributed by atoms with van der Waals surface area (Å²) < 4.78 is 22.0. The number of hydrogen-bond acceptors (Lipinski definition) is 5. The smallest absolute Gasteiger partial charge is 0.248 e. The summed E-state index contributed by atoms with van der Waals surface area (Å²) in [6.07, 6.45) is 0. The first-order valence-corrected chi connectivity index (χ1v) is 7.77. The molecule has 0 saturated heterocycles. The fourth-order valence-corrected chi connectivity index (χ4v) is 3.26. The SMILES string of the molecule is NC(=O)c1cc(-c2ccc3c(c2)OCO3)c2c3c(ccc2c1)OCO3. The number of carbonyl (C=O) groups is 1. The van der Waals surface area contributed by atoms with Crippen LogP contribution in [0.1, 0.15) is 10.4 Å². The number of primary amides is 1. The topological polar surface area (TPSA) is 80.0 Å². The summed E-state index contributed by atoms with van der Waals surface area (Å²) in [5.41, 5.74) is 7.65. The third kappa shape index (κ3) is 2.07. The van der Waals surface area contributed by atoms with E-state index in [9.17, 15) is 4.79 Å². The zero-order valence-electron chi connectivity index (χ0n) is 13.1. The number of benzene rings is 3. The molecular formula is C19H13NO5. The molecule has 0 aliphatic carbocycles. The summed E-state index contributed by atoms with van der Waals surface area (Å²) in [5.74, 6) is 2.23. The van der Waals surface area contributed by atoms with E-state index in [1.54, 1.807) is 12.1 Å². The van der Waals surface area contributed by atoms with Crippen molar-refractivity contribution < 1.29 is 23.7 Å². The van der Waals surface area contributed by atoms with E-state index < -0.39 is 5.91 Å². The minimum absolute atomic E-state index is 0.173. The van der Waals surface area contributed by atoms with Crippen LogP contribution in [0.2, 0.25) is 0 Å². The van der Waals surface area contributed by atoms with Crippen LogP contribution in [0.3, 0.4) is 0 Å². The number of rotatable bonds is 2. The van der Waals surface area contributed by atoms with Crippen LogP contribution < -0.4 is 24.7 Å². The molecular weight excluding hydrogens is 322 g/mol. The maximum Gasteiger partial charge on any atom is 0.248 e. The van der Waals surface area contributed by atoms with Crippen LogP contribution in [-0.2, 0) is 0 Å². The molecule has 0 spiro atoms. The van der Waals surface area contributed by atoms with Crippen molar-refractivity contribution in [1.82, 2.24) is 0 Å². The molecule has 0 radical (unpaired) electrons. The van der Waals surface area contributed by atoms with Crippen molar-refractivity contribution in [2.45, 2.75) is 0 Å². The molecule has 2 aliphatic heterocycles. The van der Waals surface area contributed by atoms with Crippen LogP contribution in [0.25, 0.3) is 21.9 Å². The van der Waals surface area contributed by atoms with Crippen molar-refractivity contribution >= 4 is 16.7 Å². The number of fused-ring (bicyclic) bond motifs is 4. The molecule has 0 fully saturated rings. The number of nitrogens with two attached hydrogens (primary N) is 1. The summed E-state index contributed by atoms with van der Waals surface area (Å²) in [7, 11) is 0. The van der Waals surface area contributed by atoms with Crippen molar-refractivity contribution in [3.8, 4) is 34.1 Å². The molecule has 3 aromatic rings. The third-order valence-electron chi connectivity index (χ3n) is 4.42. The normalized spacial score (nSPS) is 14.1. The summed E-state index contributed by atoms with van der Waals surface area (Å²) in [6, 6.07) is 12.9. The predicted octanol–water partition coefficient (Wildman–Crippen LogP) is 3.06. The van der Waals surface area contributed by atoms with Gasteiger partial charge in [0.1, 0.15) is 0 Å². The molecule has 0 unspecified atom stereocenters. The minimum atomic E-state index is -0.485. The highest BCUT2D eigenvalue weighted by Crippen LogP contribution is 2.45. The Morgan fingerprint density at radius 3 is 2.48 bits per heavy atom. The number of hydrogen-bond donors (Lipinski definition) is 1. The van der Waals surface area contributed by atoms with Gasteiger partial charge in [0.25, 0.3) is 0 Å². The summed E-state index contributed by atoms with van der Waals surface area (Å²) in [4.78, 5) is 11.8. The van der Waals surface area contributed by atoms with Crippen LogP contribution >= 0.6 is 0 Å². The first-order chi connectivity index (χ1) is 12.2. The second-order valence-corrected chi connectivity index (χ2v) is 5.85. The van der Waals surface area contributed by atoms with Crippen LogP contribution in [0.5, 0.6) is 23.0 Å². The Labute approximate surface area is 142 Å². The third-order valence-corrected chi connectivity index (χ3v) is 4.42. The molecule has 3 aromatic carbocycles. The second kappa shape index (κ2) is 5.04. The van der Waals surface area contributed by atoms with Crippen LogP contribution in [0, 0.1) is 0 Å². The van der Waals surface area contributed by atoms with E-state index in [4.69, 9.17) is 24.7 Å². The van der Waals surface area contributed by atoms with Gasteiger partial charge in [0, 0.05) is 10.9 Å². The molecule has 2 N–H and O–H groups in total. The van der Waals surface area contributed by atoms with Crippen molar-refractivity contribution in [1.29, 1.82) is 0 Å². The molecule has 25 heavy (non-hydrogen) atoms. The molecule has 6 nitrogen and oxygen atoms in total. The zero-order valence-corrected chi connectivity index (χ0v) is 13.1. The van der Waals surface area contributed by atoms with Gasteiger partial charge in [-0.25, -0.2) is 0 Å². The quantitative estimate of drug-likeness (QED) is 0.778. The Morgan fingerprint density at radius 2 is 1.60 bits per heavy atom. The predicted molar refractivity (Wildman–Crippen MR) is 90.1 cm³/mol. The molecule has 1 amide bonds. The average Bonchev–Trinajstić information content (AvgIpc) is 3.28. The van der Waals surface area contributed by atoms with Gasteiger partial charge in [0.2, 0.25) is 19.5 Å². The average molecular weight is 335 g/mol. The van der Waals surface area contributed by atoms with Gasteiger partial charge in [-0.2, -0.15) is 0 Å². The van der Waals surface area contributed by atoms with E-state index in [1.165, 1.54) is 0 Å². The van der Waals surface area contributed by atoms with Crippen molar-refractivity contribution in [3.63, 3.8) is 0 Å². The van der Waals surface area contributed by atoms with E-state index >= 15 is 0 Å². The lowest BCUT2D eigenvalue weighted by atomic mass is 9.94. The largest absolute Gasteiger partial charge is 0.454 e. The highest BCUT2D eigenvalue weighted by atomic mass is 16.7. The first-order valence-electron chi connectivity index (χ1n) is 7.77. The maximum absolute atomic E-state index is 11.8. The molecule has 0 aromatic heterocycles. The summed E-state index contributed by atoms with van der Waals surface area (Å²) in [5, 5.41) is 1.73. The van der Waals surface area contributed by atoms with E-state index in [-0.39, 0.29) is 13.6 Å². The maximum atomic E-state index is 11.8. The first kappa shape index (κ1) is 14.0. The lowest BCUT2D eigenvalue weighted by molar-refractivity contribution is 0.100. The number of amides is 1. The van der Waals surface area contributed by atoms with Gasteiger partial charge in [0.15, 0.2) is 23.0 Å². The standard InChI is InChI=1S/C19H13NO5/c20-19(21)12-5-11-2-4-15-18(25-9-23-15)17(11)13(6-12)10-1-3-14-16(7-10)24-8-22-14/h1-7H,8-9H2,(H2,20,21). The Morgan fingerprint density at radius 1 is 0.840 bits per heavy atom. The lowest BCUT2D eigenvalue weighted by Crippen LogP contribution is -2.11. The molecule has 6 heteroatoms. The summed E-state index contributed by atoms with van der Waals surface area (Å²) in [6.45, 7) is 0.375. The highest BCUT2D eigenvalue weighted by Gasteiger charge is 2.22. The minimum Gasteiger partial charge on any atom is -0.454 e. The van der Waals surface area contributed by atoms with E-state index in [2.05, 4.69) is 0 Å². The van der Waals surface area contributed by atoms with E-state index in [0.717, 1.165) is 21.9 Å². The van der Waals surface area contributed by atoms with Gasteiger partial charge < -0.3 is 24.7 Å². The van der Waals surface area contributed by atoms with Crippen molar-refractivity contribution in [2.75, 3.05) is 13.6 Å². The fraction of sp³-hybridized carbons (Fsp3) is 0.105. The van der Waals surface area contributed by atoms with Crippen molar-refractivity contribution in [2.24, 2.45) is 5.73 Å². The Hall–Kier alpha value is -3.41. The van der Waals surface area contributed by atoms with Gasteiger partial charge in [0.05, 0.1) is 0 Å². The Bertz CT molecular complexity index is 1040. The van der Waals surface area contributed by atoms with E-state index in [1.807, 2.05) is 30.3 Å².